The van der Waals surface area contributed by atoms with Crippen LogP contribution < -0.4 is 4.74 Å². The molecule has 0 radical (unpaired) electrons. The minimum absolute atomic E-state index is 0.160. The van der Waals surface area contributed by atoms with Crippen molar-refractivity contribution < 1.29 is 35.6 Å². The number of H-pyrrole nitrogens is 1. The van der Waals surface area contributed by atoms with Crippen LogP contribution in [0.2, 0.25) is 0 Å². The van der Waals surface area contributed by atoms with E-state index in [9.17, 15) is 30.9 Å². The molecule has 0 saturated heterocycles. The summed E-state index contributed by atoms with van der Waals surface area (Å²) in [7, 11) is 0. The molecular formula is C18H15F6N3O2S. The van der Waals surface area contributed by atoms with Crippen molar-refractivity contribution in [2.45, 2.75) is 36.1 Å². The molecule has 30 heavy (non-hydrogen) atoms. The zero-order chi connectivity index (χ0) is 22.1. The molecule has 0 aliphatic carbocycles. The number of hydrogen-bond acceptors (Lipinski definition) is 4. The van der Waals surface area contributed by atoms with Crippen molar-refractivity contribution in [1.82, 2.24) is 15.0 Å². The van der Waals surface area contributed by atoms with Gasteiger partial charge in [-0.15, -0.1) is 0 Å². The van der Waals surface area contributed by atoms with Gasteiger partial charge in [-0.05, 0) is 25.1 Å². The first kappa shape index (κ1) is 22.2. The van der Waals surface area contributed by atoms with Crippen LogP contribution in [0.1, 0.15) is 11.3 Å². The summed E-state index contributed by atoms with van der Waals surface area (Å²) in [5.74, 6) is -11.0. The van der Waals surface area contributed by atoms with Crippen molar-refractivity contribution in [3.63, 3.8) is 0 Å². The summed E-state index contributed by atoms with van der Waals surface area (Å²) in [6.45, 7) is -0.557. The minimum Gasteiger partial charge on any atom is -0.609 e. The molecule has 1 unspecified atom stereocenters. The molecule has 0 saturated carbocycles. The third-order valence-electron chi connectivity index (χ3n) is 4.28. The van der Waals surface area contributed by atoms with Gasteiger partial charge in [-0.2, -0.15) is 22.5 Å². The lowest BCUT2D eigenvalue weighted by Crippen LogP contribution is -2.50. The molecule has 1 atom stereocenters. The fourth-order valence-electron chi connectivity index (χ4n) is 2.51. The van der Waals surface area contributed by atoms with Crippen molar-refractivity contribution >= 4 is 22.2 Å². The lowest BCUT2D eigenvalue weighted by Gasteiger charge is -2.26. The Morgan fingerprint density at radius 2 is 1.87 bits per heavy atom. The highest BCUT2D eigenvalue weighted by Gasteiger charge is 2.63. The van der Waals surface area contributed by atoms with E-state index < -0.39 is 36.1 Å². The van der Waals surface area contributed by atoms with Crippen LogP contribution in [-0.4, -0.2) is 44.4 Å². The van der Waals surface area contributed by atoms with Gasteiger partial charge in [0.1, 0.15) is 5.75 Å². The highest BCUT2D eigenvalue weighted by molar-refractivity contribution is 7.90. The molecule has 0 spiro atoms. The Bertz CT molecular complexity index is 997. The number of ether oxygens (including phenoxy) is 1. The van der Waals surface area contributed by atoms with E-state index >= 15 is 0 Å². The molecule has 0 fully saturated rings. The lowest BCUT2D eigenvalue weighted by atomic mass is 10.2. The molecule has 1 N–H and O–H groups in total. The van der Waals surface area contributed by atoms with E-state index in [1.165, 1.54) is 6.92 Å². The van der Waals surface area contributed by atoms with E-state index in [1.807, 2.05) is 0 Å². The predicted molar refractivity (Wildman–Crippen MR) is 96.6 cm³/mol. The zero-order valence-electron chi connectivity index (χ0n) is 15.3. The largest absolute Gasteiger partial charge is 0.609 e. The van der Waals surface area contributed by atoms with E-state index in [4.69, 9.17) is 0 Å². The molecule has 3 aromatic rings. The van der Waals surface area contributed by atoms with Crippen LogP contribution in [0.3, 0.4) is 0 Å². The number of imidazole rings is 1. The molecule has 0 aliphatic heterocycles. The maximum atomic E-state index is 13.5. The highest BCUT2D eigenvalue weighted by Crippen LogP contribution is 2.39. The van der Waals surface area contributed by atoms with Gasteiger partial charge in [0, 0.05) is 22.9 Å². The van der Waals surface area contributed by atoms with Crippen LogP contribution >= 0.6 is 0 Å². The Hall–Kier alpha value is -2.47. The Morgan fingerprint density at radius 1 is 1.17 bits per heavy atom. The Balaban J connectivity index is 1.74. The second-order valence-corrected chi connectivity index (χ2v) is 7.71. The van der Waals surface area contributed by atoms with Gasteiger partial charge in [0.15, 0.2) is 12.4 Å². The van der Waals surface area contributed by atoms with Gasteiger partial charge in [-0.25, -0.2) is 8.78 Å². The van der Waals surface area contributed by atoms with Crippen LogP contribution in [0.5, 0.6) is 5.75 Å². The van der Waals surface area contributed by atoms with E-state index in [0.717, 1.165) is 12.3 Å². The van der Waals surface area contributed by atoms with Gasteiger partial charge in [0.2, 0.25) is 0 Å². The summed E-state index contributed by atoms with van der Waals surface area (Å²) in [5, 5.41) is 0.173. The number of nitrogens with one attached hydrogen (secondary N) is 1. The number of benzene rings is 1. The third-order valence-corrected chi connectivity index (χ3v) is 5.44. The molecule has 2 heterocycles. The van der Waals surface area contributed by atoms with Gasteiger partial charge in [-0.3, -0.25) is 9.97 Å². The van der Waals surface area contributed by atoms with E-state index in [2.05, 4.69) is 19.7 Å². The molecule has 0 amide bonds. The summed E-state index contributed by atoms with van der Waals surface area (Å²) in [6, 6.07) is 8.12. The van der Waals surface area contributed by atoms with Crippen molar-refractivity contribution in [2.24, 2.45) is 0 Å². The monoisotopic (exact) mass is 451 g/mol. The Kier molecular flexibility index (Phi) is 6.18. The number of rotatable bonds is 8. The molecule has 12 heteroatoms. The lowest BCUT2D eigenvalue weighted by molar-refractivity contribution is -0.271. The first-order valence-corrected chi connectivity index (χ1v) is 9.79. The van der Waals surface area contributed by atoms with Crippen LogP contribution in [0, 0.1) is 6.92 Å². The molecule has 1 aromatic carbocycles. The highest BCUT2D eigenvalue weighted by atomic mass is 32.2. The van der Waals surface area contributed by atoms with Crippen molar-refractivity contribution in [2.75, 3.05) is 6.61 Å². The second kappa shape index (κ2) is 8.34. The number of pyridine rings is 1. The van der Waals surface area contributed by atoms with Gasteiger partial charge in [-0.1, -0.05) is 12.1 Å². The summed E-state index contributed by atoms with van der Waals surface area (Å²) in [4.78, 5) is 11.1. The number of fused-ring (bicyclic) bond motifs is 1. The summed E-state index contributed by atoms with van der Waals surface area (Å²) >= 11 is -1.68. The fourth-order valence-corrected chi connectivity index (χ4v) is 3.61. The van der Waals surface area contributed by atoms with E-state index in [1.54, 1.807) is 24.3 Å². The van der Waals surface area contributed by atoms with Crippen molar-refractivity contribution in [3.05, 3.63) is 47.8 Å². The fraction of sp³-hybridized carbons (Fsp3) is 0.333. The third kappa shape index (κ3) is 4.33. The number of para-hydroxylation sites is 2. The van der Waals surface area contributed by atoms with Gasteiger partial charge in [0.05, 0.1) is 16.7 Å². The molecule has 2 aromatic heterocycles. The first-order valence-electron chi connectivity index (χ1n) is 8.47. The van der Waals surface area contributed by atoms with E-state index in [0.29, 0.717) is 11.0 Å². The van der Waals surface area contributed by atoms with Crippen LogP contribution in [0.15, 0.2) is 41.7 Å². The number of nitrogens with zero attached hydrogens (tertiary/aromatic N) is 2. The molecule has 0 aliphatic rings. The average molecular weight is 451 g/mol. The molecule has 162 valence electrons. The normalized spacial score (nSPS) is 13.8. The van der Waals surface area contributed by atoms with Gasteiger partial charge in [0.25, 0.3) is 0 Å². The topological polar surface area (TPSA) is 73.9 Å². The summed E-state index contributed by atoms with van der Waals surface area (Å²) in [5.41, 5.74) is 1.63. The summed E-state index contributed by atoms with van der Waals surface area (Å²) in [6.07, 6.45) is -3.40. The maximum absolute atomic E-state index is 13.5. The van der Waals surface area contributed by atoms with E-state index in [-0.39, 0.29) is 27.9 Å². The number of hydrogen-bond donors (Lipinski definition) is 1. The van der Waals surface area contributed by atoms with Crippen LogP contribution in [0.25, 0.3) is 11.0 Å². The number of aromatic nitrogens is 3. The zero-order valence-corrected chi connectivity index (χ0v) is 16.2. The van der Waals surface area contributed by atoms with Crippen LogP contribution in [-0.2, 0) is 16.9 Å². The number of alkyl halides is 6. The quantitative estimate of drug-likeness (QED) is 0.405. The Morgan fingerprint density at radius 3 is 2.53 bits per heavy atom. The number of aromatic amines is 1. The first-order chi connectivity index (χ1) is 14.0. The van der Waals surface area contributed by atoms with Crippen LogP contribution in [0.4, 0.5) is 26.3 Å². The van der Waals surface area contributed by atoms with Crippen molar-refractivity contribution in [1.29, 1.82) is 0 Å². The average Bonchev–Trinajstić information content (AvgIpc) is 3.12. The second-order valence-electron chi connectivity index (χ2n) is 6.35. The van der Waals surface area contributed by atoms with Gasteiger partial charge >= 0.3 is 23.4 Å². The maximum Gasteiger partial charge on any atom is 0.372 e. The minimum atomic E-state index is -5.54. The SMILES string of the molecule is Cc1c(OCC(F)(F)C(F)(F)C(F)F)ccnc1C[S+]([O-])c1nc2ccccc2[nH]1. The Labute approximate surface area is 169 Å². The predicted octanol–water partition coefficient (Wildman–Crippen LogP) is 4.49. The molecule has 3 rings (SSSR count). The smallest absolute Gasteiger partial charge is 0.372 e. The summed E-state index contributed by atoms with van der Waals surface area (Å²) < 4.78 is 94.7. The standard InChI is InChI=1S/C18H15F6N3O2S/c1-10-13(8-30(28)16-26-11-4-2-3-5-12(11)27-16)25-7-6-14(10)29-9-17(21,22)18(23,24)15(19)20/h2-7,15H,8-9H2,1H3,(H,26,27). The molecule has 0 bridgehead atoms. The molecular weight excluding hydrogens is 436 g/mol. The van der Waals surface area contributed by atoms with Gasteiger partial charge < -0.3 is 9.29 Å². The van der Waals surface area contributed by atoms with Crippen molar-refractivity contribution in [3.8, 4) is 5.75 Å². The number of halogens is 6. The molecule has 5 nitrogen and oxygen atoms in total.